The summed E-state index contributed by atoms with van der Waals surface area (Å²) < 4.78 is 10.8. The van der Waals surface area contributed by atoms with Gasteiger partial charge in [-0.2, -0.15) is 0 Å². The second-order valence-corrected chi connectivity index (χ2v) is 8.25. The number of nitrogens with zero attached hydrogens (tertiary/aromatic N) is 1. The number of likely N-dealkylation sites (tertiary alicyclic amines) is 1. The number of rotatable bonds is 12. The third-order valence-corrected chi connectivity index (χ3v) is 5.92. The summed E-state index contributed by atoms with van der Waals surface area (Å²) in [4.78, 5) is 15.1. The summed E-state index contributed by atoms with van der Waals surface area (Å²) in [6.07, 6.45) is 2.46. The maximum Gasteiger partial charge on any atom is 0.237 e. The molecule has 2 aromatic rings. The Kier molecular flexibility index (Phi) is 9.56. The number of benzene rings is 2. The fraction of sp³-hybridized carbons (Fsp3) is 0.400. The summed E-state index contributed by atoms with van der Waals surface area (Å²) in [5.74, 6) is 0.868. The van der Waals surface area contributed by atoms with Gasteiger partial charge >= 0.3 is 0 Å². The van der Waals surface area contributed by atoms with Crippen molar-refractivity contribution in [3.05, 3.63) is 77.3 Å². The standard InChI is InChI=1S/C25H32ClN3O3/c1-3-13-32-24-11-7-5-8-19(24)16-28-21-15-23(25(30)27-12-14-31-2)29(18-21)17-20-9-4-6-10-22(20)26/h3-11,21,23,28H,1,12-18H2,2H3,(H,27,30)/t21-,23-/m0/s1. The van der Waals surface area contributed by atoms with E-state index < -0.39 is 0 Å². The molecule has 0 aromatic heterocycles. The molecule has 1 aliphatic heterocycles. The second-order valence-electron chi connectivity index (χ2n) is 7.84. The number of para-hydroxylation sites is 1. The molecule has 0 saturated carbocycles. The molecule has 1 aliphatic rings. The monoisotopic (exact) mass is 457 g/mol. The molecule has 0 spiro atoms. The third-order valence-electron chi connectivity index (χ3n) is 5.55. The van der Waals surface area contributed by atoms with Gasteiger partial charge in [-0.25, -0.2) is 0 Å². The minimum absolute atomic E-state index is 0.0214. The molecule has 0 bridgehead atoms. The van der Waals surface area contributed by atoms with Gasteiger partial charge in [-0.05, 0) is 24.1 Å². The molecule has 1 amide bonds. The smallest absolute Gasteiger partial charge is 0.237 e. The average Bonchev–Trinajstić information content (AvgIpc) is 3.21. The Hall–Kier alpha value is -2.38. The van der Waals surface area contributed by atoms with E-state index in [4.69, 9.17) is 21.1 Å². The largest absolute Gasteiger partial charge is 0.489 e. The van der Waals surface area contributed by atoms with Crippen LogP contribution in [-0.2, 0) is 22.6 Å². The van der Waals surface area contributed by atoms with Gasteiger partial charge in [0, 0.05) is 49.9 Å². The molecule has 3 rings (SSSR count). The molecule has 172 valence electrons. The number of halogens is 1. The van der Waals surface area contributed by atoms with E-state index in [9.17, 15) is 4.79 Å². The molecule has 0 unspecified atom stereocenters. The van der Waals surface area contributed by atoms with Gasteiger partial charge in [0.25, 0.3) is 0 Å². The van der Waals surface area contributed by atoms with Crippen LogP contribution >= 0.6 is 11.6 Å². The lowest BCUT2D eigenvalue weighted by Gasteiger charge is -2.24. The lowest BCUT2D eigenvalue weighted by molar-refractivity contribution is -0.125. The fourth-order valence-corrected chi connectivity index (χ4v) is 4.13. The van der Waals surface area contributed by atoms with Gasteiger partial charge in [-0.3, -0.25) is 9.69 Å². The zero-order chi connectivity index (χ0) is 22.8. The third kappa shape index (κ3) is 6.81. The number of methoxy groups -OCH3 is 1. The number of nitrogens with one attached hydrogen (secondary N) is 2. The summed E-state index contributed by atoms with van der Waals surface area (Å²) in [5, 5.41) is 7.32. The fourth-order valence-electron chi connectivity index (χ4n) is 3.93. The maximum atomic E-state index is 12.9. The Labute approximate surface area is 195 Å². The van der Waals surface area contributed by atoms with Crippen molar-refractivity contribution in [2.75, 3.05) is 33.4 Å². The van der Waals surface area contributed by atoms with E-state index >= 15 is 0 Å². The Balaban J connectivity index is 1.66. The predicted octanol–water partition coefficient (Wildman–Crippen LogP) is 3.40. The van der Waals surface area contributed by atoms with Crippen molar-refractivity contribution in [1.82, 2.24) is 15.5 Å². The van der Waals surface area contributed by atoms with Crippen LogP contribution in [0, 0.1) is 0 Å². The van der Waals surface area contributed by atoms with Crippen LogP contribution in [0.15, 0.2) is 61.2 Å². The van der Waals surface area contributed by atoms with E-state index in [2.05, 4.69) is 28.2 Å². The number of hydrogen-bond donors (Lipinski definition) is 2. The lowest BCUT2D eigenvalue weighted by Crippen LogP contribution is -2.43. The molecule has 1 heterocycles. The van der Waals surface area contributed by atoms with Crippen molar-refractivity contribution in [2.45, 2.75) is 31.6 Å². The molecule has 2 N–H and O–H groups in total. The van der Waals surface area contributed by atoms with Crippen LogP contribution in [0.3, 0.4) is 0 Å². The number of carbonyl (C=O) groups is 1. The van der Waals surface area contributed by atoms with Gasteiger partial charge in [0.1, 0.15) is 12.4 Å². The first-order chi connectivity index (χ1) is 15.6. The summed E-state index contributed by atoms with van der Waals surface area (Å²) in [5.41, 5.74) is 2.10. The SMILES string of the molecule is C=CCOc1ccccc1CN[C@H]1C[C@@H](C(=O)NCCOC)N(Cc2ccccc2Cl)C1. The minimum Gasteiger partial charge on any atom is -0.489 e. The highest BCUT2D eigenvalue weighted by atomic mass is 35.5. The highest BCUT2D eigenvalue weighted by Crippen LogP contribution is 2.25. The number of hydrogen-bond acceptors (Lipinski definition) is 5. The van der Waals surface area contributed by atoms with Crippen molar-refractivity contribution in [3.63, 3.8) is 0 Å². The molecule has 7 heteroatoms. The zero-order valence-electron chi connectivity index (χ0n) is 18.6. The van der Waals surface area contributed by atoms with Crippen LogP contribution in [0.5, 0.6) is 5.75 Å². The van der Waals surface area contributed by atoms with E-state index in [0.29, 0.717) is 32.8 Å². The molecule has 2 atom stereocenters. The van der Waals surface area contributed by atoms with Gasteiger partial charge in [0.05, 0.1) is 12.6 Å². The van der Waals surface area contributed by atoms with Gasteiger partial charge in [-0.1, -0.05) is 60.7 Å². The van der Waals surface area contributed by atoms with Crippen molar-refractivity contribution < 1.29 is 14.3 Å². The molecule has 0 radical (unpaired) electrons. The maximum absolute atomic E-state index is 12.9. The Bertz CT molecular complexity index is 892. The van der Waals surface area contributed by atoms with Crippen LogP contribution in [0.1, 0.15) is 17.5 Å². The van der Waals surface area contributed by atoms with E-state index in [1.54, 1.807) is 13.2 Å². The average molecular weight is 458 g/mol. The number of carbonyl (C=O) groups excluding carboxylic acids is 1. The molecule has 32 heavy (non-hydrogen) atoms. The number of ether oxygens (including phenoxy) is 2. The Morgan fingerprint density at radius 2 is 1.97 bits per heavy atom. The summed E-state index contributed by atoms with van der Waals surface area (Å²) >= 11 is 6.39. The zero-order valence-corrected chi connectivity index (χ0v) is 19.3. The van der Waals surface area contributed by atoms with Crippen LogP contribution in [0.4, 0.5) is 0 Å². The highest BCUT2D eigenvalue weighted by Gasteiger charge is 2.36. The molecule has 6 nitrogen and oxygen atoms in total. The Morgan fingerprint density at radius 1 is 1.22 bits per heavy atom. The number of amides is 1. The first-order valence-electron chi connectivity index (χ1n) is 10.9. The quantitative estimate of drug-likeness (QED) is 0.378. The van der Waals surface area contributed by atoms with E-state index in [1.165, 1.54) is 0 Å². The van der Waals surface area contributed by atoms with Crippen LogP contribution in [0.25, 0.3) is 0 Å². The molecular formula is C25H32ClN3O3. The molecule has 2 aromatic carbocycles. The van der Waals surface area contributed by atoms with Crippen LogP contribution in [-0.4, -0.2) is 56.3 Å². The van der Waals surface area contributed by atoms with Crippen molar-refractivity contribution in [3.8, 4) is 5.75 Å². The molecule has 1 fully saturated rings. The summed E-state index contributed by atoms with van der Waals surface area (Å²) in [7, 11) is 1.63. The van der Waals surface area contributed by atoms with E-state index in [-0.39, 0.29) is 18.0 Å². The van der Waals surface area contributed by atoms with Crippen molar-refractivity contribution in [1.29, 1.82) is 0 Å². The van der Waals surface area contributed by atoms with E-state index in [0.717, 1.165) is 34.9 Å². The second kappa shape index (κ2) is 12.6. The van der Waals surface area contributed by atoms with E-state index in [1.807, 2.05) is 42.5 Å². The first kappa shape index (κ1) is 24.3. The topological polar surface area (TPSA) is 62.8 Å². The molecular weight excluding hydrogens is 426 g/mol. The van der Waals surface area contributed by atoms with Crippen molar-refractivity contribution in [2.24, 2.45) is 0 Å². The Morgan fingerprint density at radius 3 is 2.72 bits per heavy atom. The molecule has 1 saturated heterocycles. The van der Waals surface area contributed by atoms with Gasteiger partial charge in [0.2, 0.25) is 5.91 Å². The van der Waals surface area contributed by atoms with Gasteiger partial charge < -0.3 is 20.1 Å². The van der Waals surface area contributed by atoms with Crippen LogP contribution < -0.4 is 15.4 Å². The summed E-state index contributed by atoms with van der Waals surface area (Å²) in [6.45, 7) is 7.21. The van der Waals surface area contributed by atoms with Crippen LogP contribution in [0.2, 0.25) is 5.02 Å². The normalized spacial score (nSPS) is 18.4. The summed E-state index contributed by atoms with van der Waals surface area (Å²) in [6, 6.07) is 15.7. The first-order valence-corrected chi connectivity index (χ1v) is 11.3. The van der Waals surface area contributed by atoms with Gasteiger partial charge in [0.15, 0.2) is 0 Å². The van der Waals surface area contributed by atoms with Gasteiger partial charge in [-0.15, -0.1) is 0 Å². The molecule has 0 aliphatic carbocycles. The predicted molar refractivity (Wildman–Crippen MR) is 128 cm³/mol. The minimum atomic E-state index is -0.229. The lowest BCUT2D eigenvalue weighted by atomic mass is 10.1. The highest BCUT2D eigenvalue weighted by molar-refractivity contribution is 6.31. The van der Waals surface area contributed by atoms with Crippen molar-refractivity contribution >= 4 is 17.5 Å².